The second-order valence-electron chi connectivity index (χ2n) is 5.41. The standard InChI is InChI=1S/C15H17N5S/c1-2-8-20(12(4-1)10-19-7-3-6-18-19)14-13-5-9-21-15(13)17-11-16-14/h3,5-7,9,11-12H,1-2,4,8,10H2/t12-/m1/s1. The lowest BCUT2D eigenvalue weighted by atomic mass is 10.0. The maximum absolute atomic E-state index is 4.57. The van der Waals surface area contributed by atoms with Crippen LogP contribution in [0.5, 0.6) is 0 Å². The first-order valence-corrected chi connectivity index (χ1v) is 8.22. The lowest BCUT2D eigenvalue weighted by molar-refractivity contribution is 0.397. The van der Waals surface area contributed by atoms with Crippen molar-refractivity contribution in [1.29, 1.82) is 0 Å². The van der Waals surface area contributed by atoms with Crippen LogP contribution in [0, 0.1) is 0 Å². The van der Waals surface area contributed by atoms with E-state index in [-0.39, 0.29) is 0 Å². The van der Waals surface area contributed by atoms with Crippen LogP contribution in [0.4, 0.5) is 5.82 Å². The van der Waals surface area contributed by atoms with Crippen LogP contribution in [-0.4, -0.2) is 32.3 Å². The molecule has 3 aromatic rings. The number of thiophene rings is 1. The molecule has 6 heteroatoms. The van der Waals surface area contributed by atoms with Gasteiger partial charge in [0.15, 0.2) is 0 Å². The molecule has 1 aliphatic rings. The molecule has 0 N–H and O–H groups in total. The Morgan fingerprint density at radius 2 is 2.29 bits per heavy atom. The summed E-state index contributed by atoms with van der Waals surface area (Å²) in [5.74, 6) is 1.08. The summed E-state index contributed by atoms with van der Waals surface area (Å²) in [5.41, 5.74) is 0. The monoisotopic (exact) mass is 299 g/mol. The number of aromatic nitrogens is 4. The summed E-state index contributed by atoms with van der Waals surface area (Å²) in [5, 5.41) is 7.62. The lowest BCUT2D eigenvalue weighted by Crippen LogP contribution is -2.42. The van der Waals surface area contributed by atoms with E-state index in [1.54, 1.807) is 17.7 Å². The summed E-state index contributed by atoms with van der Waals surface area (Å²) >= 11 is 1.68. The molecule has 108 valence electrons. The predicted molar refractivity (Wildman–Crippen MR) is 84.6 cm³/mol. The third-order valence-corrected chi connectivity index (χ3v) is 4.92. The van der Waals surface area contributed by atoms with E-state index in [0.29, 0.717) is 6.04 Å². The molecule has 1 atom stereocenters. The van der Waals surface area contributed by atoms with E-state index in [4.69, 9.17) is 0 Å². The first-order chi connectivity index (χ1) is 10.4. The Morgan fingerprint density at radius 1 is 1.29 bits per heavy atom. The summed E-state index contributed by atoms with van der Waals surface area (Å²) < 4.78 is 2.02. The van der Waals surface area contributed by atoms with Gasteiger partial charge in [-0.3, -0.25) is 4.68 Å². The van der Waals surface area contributed by atoms with Crippen LogP contribution in [0.25, 0.3) is 10.2 Å². The van der Waals surface area contributed by atoms with Crippen LogP contribution in [0.2, 0.25) is 0 Å². The Kier molecular flexibility index (Phi) is 3.31. The molecule has 0 aromatic carbocycles. The number of piperidine rings is 1. The molecule has 1 aliphatic heterocycles. The van der Waals surface area contributed by atoms with E-state index in [2.05, 4.69) is 31.4 Å². The van der Waals surface area contributed by atoms with Crippen LogP contribution in [-0.2, 0) is 6.54 Å². The van der Waals surface area contributed by atoms with Gasteiger partial charge in [0.2, 0.25) is 0 Å². The van der Waals surface area contributed by atoms with Crippen molar-refractivity contribution in [3.8, 4) is 0 Å². The zero-order valence-electron chi connectivity index (χ0n) is 11.7. The average molecular weight is 299 g/mol. The van der Waals surface area contributed by atoms with Crippen molar-refractivity contribution in [3.05, 3.63) is 36.2 Å². The van der Waals surface area contributed by atoms with Gasteiger partial charge in [-0.15, -0.1) is 11.3 Å². The highest BCUT2D eigenvalue weighted by Gasteiger charge is 2.25. The van der Waals surface area contributed by atoms with Crippen molar-refractivity contribution in [3.63, 3.8) is 0 Å². The molecule has 0 aliphatic carbocycles. The SMILES string of the molecule is c1cnn(C[C@H]2CCCCN2c2ncnc3sccc23)c1. The molecule has 0 amide bonds. The van der Waals surface area contributed by atoms with E-state index < -0.39 is 0 Å². The number of hydrogen-bond donors (Lipinski definition) is 0. The highest BCUT2D eigenvalue weighted by Crippen LogP contribution is 2.31. The topological polar surface area (TPSA) is 46.8 Å². The third-order valence-electron chi connectivity index (χ3n) is 4.10. The molecule has 0 spiro atoms. The molecular formula is C15H17N5S. The van der Waals surface area contributed by atoms with Crippen LogP contribution in [0.15, 0.2) is 36.2 Å². The van der Waals surface area contributed by atoms with E-state index >= 15 is 0 Å². The van der Waals surface area contributed by atoms with E-state index in [0.717, 1.165) is 23.7 Å². The number of anilines is 1. The molecule has 1 saturated heterocycles. The molecule has 0 saturated carbocycles. The Hall–Kier alpha value is -1.95. The number of hydrogen-bond acceptors (Lipinski definition) is 5. The van der Waals surface area contributed by atoms with Crippen molar-refractivity contribution >= 4 is 27.4 Å². The fourth-order valence-corrected chi connectivity index (χ4v) is 3.83. The predicted octanol–water partition coefficient (Wildman–Crippen LogP) is 2.95. The van der Waals surface area contributed by atoms with Crippen LogP contribution in [0.3, 0.4) is 0 Å². The Balaban J connectivity index is 1.68. The molecule has 5 nitrogen and oxygen atoms in total. The smallest absolute Gasteiger partial charge is 0.141 e. The number of nitrogens with zero attached hydrogens (tertiary/aromatic N) is 5. The molecule has 21 heavy (non-hydrogen) atoms. The molecule has 3 aromatic heterocycles. The van der Waals surface area contributed by atoms with E-state index in [1.165, 1.54) is 24.6 Å². The molecule has 4 heterocycles. The Labute approximate surface area is 127 Å². The highest BCUT2D eigenvalue weighted by atomic mass is 32.1. The van der Waals surface area contributed by atoms with Crippen LogP contribution >= 0.6 is 11.3 Å². The average Bonchev–Trinajstić information content (AvgIpc) is 3.18. The molecule has 1 fully saturated rings. The summed E-state index contributed by atoms with van der Waals surface area (Å²) in [7, 11) is 0. The van der Waals surface area contributed by atoms with Gasteiger partial charge in [0, 0.05) is 18.9 Å². The van der Waals surface area contributed by atoms with Gasteiger partial charge in [-0.2, -0.15) is 5.10 Å². The minimum atomic E-state index is 0.455. The summed E-state index contributed by atoms with van der Waals surface area (Å²) in [6.45, 7) is 1.98. The van der Waals surface area contributed by atoms with Gasteiger partial charge in [0.1, 0.15) is 17.0 Å². The Bertz CT molecular complexity index is 721. The first-order valence-electron chi connectivity index (χ1n) is 7.34. The lowest BCUT2D eigenvalue weighted by Gasteiger charge is -2.36. The molecule has 0 radical (unpaired) electrons. The van der Waals surface area contributed by atoms with Crippen molar-refractivity contribution in [2.75, 3.05) is 11.4 Å². The largest absolute Gasteiger partial charge is 0.351 e. The maximum Gasteiger partial charge on any atom is 0.141 e. The zero-order chi connectivity index (χ0) is 14.1. The molecule has 4 rings (SSSR count). The van der Waals surface area contributed by atoms with Gasteiger partial charge < -0.3 is 4.90 Å². The van der Waals surface area contributed by atoms with E-state index in [9.17, 15) is 0 Å². The second-order valence-corrected chi connectivity index (χ2v) is 6.30. The highest BCUT2D eigenvalue weighted by molar-refractivity contribution is 7.16. The van der Waals surface area contributed by atoms with Crippen molar-refractivity contribution < 1.29 is 0 Å². The van der Waals surface area contributed by atoms with Gasteiger partial charge in [-0.05, 0) is 36.8 Å². The van der Waals surface area contributed by atoms with Gasteiger partial charge in [0.25, 0.3) is 0 Å². The van der Waals surface area contributed by atoms with E-state index in [1.807, 2.05) is 23.1 Å². The first kappa shape index (κ1) is 12.8. The van der Waals surface area contributed by atoms with Gasteiger partial charge >= 0.3 is 0 Å². The van der Waals surface area contributed by atoms with Crippen molar-refractivity contribution in [2.45, 2.75) is 31.8 Å². The van der Waals surface area contributed by atoms with Crippen LogP contribution in [0.1, 0.15) is 19.3 Å². The minimum Gasteiger partial charge on any atom is -0.351 e. The Morgan fingerprint density at radius 3 is 3.19 bits per heavy atom. The fraction of sp³-hybridized carbons (Fsp3) is 0.400. The molecule has 0 bridgehead atoms. The molecular weight excluding hydrogens is 282 g/mol. The normalized spacial score (nSPS) is 19.2. The quantitative estimate of drug-likeness (QED) is 0.746. The minimum absolute atomic E-state index is 0.455. The fourth-order valence-electron chi connectivity index (χ4n) is 3.10. The number of rotatable bonds is 3. The molecule has 0 unspecified atom stereocenters. The summed E-state index contributed by atoms with van der Waals surface area (Å²) in [6.07, 6.45) is 9.26. The van der Waals surface area contributed by atoms with Gasteiger partial charge in [-0.25, -0.2) is 9.97 Å². The van der Waals surface area contributed by atoms with Crippen molar-refractivity contribution in [1.82, 2.24) is 19.7 Å². The summed E-state index contributed by atoms with van der Waals surface area (Å²) in [6, 6.07) is 4.57. The van der Waals surface area contributed by atoms with Crippen LogP contribution < -0.4 is 4.90 Å². The second kappa shape index (κ2) is 5.44. The maximum atomic E-state index is 4.57. The zero-order valence-corrected chi connectivity index (χ0v) is 12.5. The number of fused-ring (bicyclic) bond motifs is 1. The van der Waals surface area contributed by atoms with Crippen molar-refractivity contribution in [2.24, 2.45) is 0 Å². The third kappa shape index (κ3) is 2.40. The van der Waals surface area contributed by atoms with Gasteiger partial charge in [0.05, 0.1) is 18.0 Å². The summed E-state index contributed by atoms with van der Waals surface area (Å²) in [4.78, 5) is 12.5. The van der Waals surface area contributed by atoms with Gasteiger partial charge in [-0.1, -0.05) is 0 Å².